The molecule has 2 saturated heterocycles. The Hall–Kier alpha value is -1.14. The molecule has 0 spiro atoms. The van der Waals surface area contributed by atoms with Crippen molar-refractivity contribution in [1.82, 2.24) is 15.3 Å². The summed E-state index contributed by atoms with van der Waals surface area (Å²) >= 11 is 0. The molecule has 0 bridgehead atoms. The summed E-state index contributed by atoms with van der Waals surface area (Å²) in [5.74, 6) is 0.526. The van der Waals surface area contributed by atoms with Gasteiger partial charge >= 0.3 is 5.97 Å². The normalized spacial score (nSPS) is 22.4. The van der Waals surface area contributed by atoms with Gasteiger partial charge in [0.15, 0.2) is 0 Å². The first-order chi connectivity index (χ1) is 9.86. The first kappa shape index (κ1) is 16.2. The average Bonchev–Trinajstić information content (AvgIpc) is 2.42. The summed E-state index contributed by atoms with van der Waals surface area (Å²) in [4.78, 5) is 31.0. The smallest absolute Gasteiger partial charge is 0.330 e. The minimum Gasteiger partial charge on any atom is -0.367 e. The van der Waals surface area contributed by atoms with Crippen molar-refractivity contribution in [1.29, 1.82) is 0 Å². The monoisotopic (exact) mass is 297 g/mol. The second kappa shape index (κ2) is 6.75. The molecular formula is C15H27N3O3. The highest BCUT2D eigenvalue weighted by atomic mass is 16.7. The molecule has 2 aliphatic heterocycles. The summed E-state index contributed by atoms with van der Waals surface area (Å²) in [5.41, 5.74) is -0.468. The van der Waals surface area contributed by atoms with E-state index < -0.39 is 5.41 Å². The van der Waals surface area contributed by atoms with Crippen molar-refractivity contribution in [3.05, 3.63) is 0 Å². The summed E-state index contributed by atoms with van der Waals surface area (Å²) in [5, 5.41) is 4.86. The number of hydrogen-bond donors (Lipinski definition) is 1. The summed E-state index contributed by atoms with van der Waals surface area (Å²) in [6.45, 7) is 10.1. The number of carbonyl (C=O) groups excluding carboxylic acids is 2. The largest absolute Gasteiger partial charge is 0.367 e. The first-order valence-corrected chi connectivity index (χ1v) is 7.82. The predicted molar refractivity (Wildman–Crippen MR) is 79.3 cm³/mol. The van der Waals surface area contributed by atoms with Crippen LogP contribution in [0.15, 0.2) is 0 Å². The fraction of sp³-hybridized carbons (Fsp3) is 0.867. The van der Waals surface area contributed by atoms with Crippen LogP contribution in [0.4, 0.5) is 0 Å². The fourth-order valence-electron chi connectivity index (χ4n) is 2.59. The number of hydrogen-bond acceptors (Lipinski definition) is 5. The summed E-state index contributed by atoms with van der Waals surface area (Å²) < 4.78 is 0. The van der Waals surface area contributed by atoms with Gasteiger partial charge in [0.25, 0.3) is 0 Å². The minimum absolute atomic E-state index is 0.182. The molecule has 2 fully saturated rings. The van der Waals surface area contributed by atoms with Crippen LogP contribution in [0.1, 0.15) is 33.6 Å². The Morgan fingerprint density at radius 1 is 1.29 bits per heavy atom. The van der Waals surface area contributed by atoms with Crippen LogP contribution >= 0.6 is 0 Å². The molecule has 2 heterocycles. The number of piperazine rings is 1. The number of amides is 1. The van der Waals surface area contributed by atoms with Gasteiger partial charge in [0, 0.05) is 32.7 Å². The third-order valence-corrected chi connectivity index (χ3v) is 4.06. The molecule has 6 nitrogen and oxygen atoms in total. The maximum atomic E-state index is 11.9. The maximum Gasteiger partial charge on any atom is 0.330 e. The van der Waals surface area contributed by atoms with Gasteiger partial charge in [-0.15, -0.1) is 5.06 Å². The standard InChI is InChI=1S/C15H27N3O3/c1-15(2,3)14(20)21-18-7-4-12(5-8-18)11-17-9-6-16-10-13(17)19/h12,16H,4-11H2,1-3H3. The van der Waals surface area contributed by atoms with Gasteiger partial charge in [0.05, 0.1) is 12.0 Å². The van der Waals surface area contributed by atoms with Crippen molar-refractivity contribution in [3.8, 4) is 0 Å². The molecule has 120 valence electrons. The second-order valence-electron chi connectivity index (χ2n) is 7.02. The van der Waals surface area contributed by atoms with Crippen LogP contribution in [0.2, 0.25) is 0 Å². The average molecular weight is 297 g/mol. The van der Waals surface area contributed by atoms with Crippen LogP contribution in [0, 0.1) is 11.3 Å². The van der Waals surface area contributed by atoms with E-state index in [0.29, 0.717) is 12.5 Å². The fourth-order valence-corrected chi connectivity index (χ4v) is 2.59. The number of piperidine rings is 1. The second-order valence-corrected chi connectivity index (χ2v) is 7.02. The van der Waals surface area contributed by atoms with E-state index in [0.717, 1.165) is 45.6 Å². The van der Waals surface area contributed by atoms with Crippen LogP contribution in [0.3, 0.4) is 0 Å². The van der Waals surface area contributed by atoms with E-state index in [-0.39, 0.29) is 11.9 Å². The van der Waals surface area contributed by atoms with Crippen molar-refractivity contribution in [2.75, 3.05) is 39.3 Å². The Kier molecular flexibility index (Phi) is 5.22. The lowest BCUT2D eigenvalue weighted by atomic mass is 9.96. The van der Waals surface area contributed by atoms with E-state index in [1.807, 2.05) is 25.7 Å². The molecule has 1 N–H and O–H groups in total. The van der Waals surface area contributed by atoms with E-state index in [9.17, 15) is 9.59 Å². The van der Waals surface area contributed by atoms with Crippen LogP contribution < -0.4 is 5.32 Å². The van der Waals surface area contributed by atoms with Crippen LogP contribution in [0.5, 0.6) is 0 Å². The van der Waals surface area contributed by atoms with Crippen molar-refractivity contribution in [3.63, 3.8) is 0 Å². The van der Waals surface area contributed by atoms with Gasteiger partial charge in [0.2, 0.25) is 5.91 Å². The number of nitrogens with zero attached hydrogens (tertiary/aromatic N) is 2. The molecule has 0 aromatic heterocycles. The molecule has 0 atom stereocenters. The lowest BCUT2D eigenvalue weighted by molar-refractivity contribution is -0.206. The van der Waals surface area contributed by atoms with Gasteiger partial charge in [-0.05, 0) is 39.5 Å². The zero-order valence-electron chi connectivity index (χ0n) is 13.4. The van der Waals surface area contributed by atoms with E-state index >= 15 is 0 Å². The van der Waals surface area contributed by atoms with E-state index in [1.165, 1.54) is 0 Å². The van der Waals surface area contributed by atoms with Gasteiger partial charge in [-0.25, -0.2) is 4.79 Å². The van der Waals surface area contributed by atoms with Gasteiger partial charge in [-0.2, -0.15) is 0 Å². The Balaban J connectivity index is 1.73. The van der Waals surface area contributed by atoms with Crippen molar-refractivity contribution in [2.45, 2.75) is 33.6 Å². The topological polar surface area (TPSA) is 61.9 Å². The Morgan fingerprint density at radius 2 is 1.95 bits per heavy atom. The van der Waals surface area contributed by atoms with Crippen LogP contribution in [-0.2, 0) is 14.4 Å². The summed E-state index contributed by atoms with van der Waals surface area (Å²) in [6.07, 6.45) is 1.93. The molecule has 0 unspecified atom stereocenters. The van der Waals surface area contributed by atoms with Crippen molar-refractivity contribution in [2.24, 2.45) is 11.3 Å². The predicted octanol–water partition coefficient (Wildman–Crippen LogP) is 0.635. The zero-order valence-corrected chi connectivity index (χ0v) is 13.4. The molecule has 1 amide bonds. The van der Waals surface area contributed by atoms with Crippen LogP contribution in [-0.4, -0.2) is 61.1 Å². The highest BCUT2D eigenvalue weighted by Crippen LogP contribution is 2.22. The number of nitrogens with one attached hydrogen (secondary N) is 1. The Labute approximate surface area is 126 Å². The zero-order chi connectivity index (χ0) is 15.5. The third-order valence-electron chi connectivity index (χ3n) is 4.06. The quantitative estimate of drug-likeness (QED) is 0.828. The third kappa shape index (κ3) is 4.68. The highest BCUT2D eigenvalue weighted by Gasteiger charge is 2.29. The molecule has 0 saturated carbocycles. The maximum absolute atomic E-state index is 11.9. The molecule has 21 heavy (non-hydrogen) atoms. The van der Waals surface area contributed by atoms with Gasteiger partial charge < -0.3 is 15.1 Å². The SMILES string of the molecule is CC(C)(C)C(=O)ON1CCC(CN2CCNCC2=O)CC1. The van der Waals surface area contributed by atoms with E-state index in [4.69, 9.17) is 4.84 Å². The first-order valence-electron chi connectivity index (χ1n) is 7.82. The molecule has 0 aromatic rings. The van der Waals surface area contributed by atoms with Crippen LogP contribution in [0.25, 0.3) is 0 Å². The van der Waals surface area contributed by atoms with Gasteiger partial charge in [-0.1, -0.05) is 0 Å². The molecular weight excluding hydrogens is 270 g/mol. The Morgan fingerprint density at radius 3 is 2.52 bits per heavy atom. The molecule has 0 aliphatic carbocycles. The summed E-state index contributed by atoms with van der Waals surface area (Å²) in [7, 11) is 0. The minimum atomic E-state index is -0.468. The number of rotatable bonds is 3. The summed E-state index contributed by atoms with van der Waals surface area (Å²) in [6, 6.07) is 0. The lowest BCUT2D eigenvalue weighted by Crippen LogP contribution is -2.50. The molecule has 2 rings (SSSR count). The molecule has 2 aliphatic rings. The lowest BCUT2D eigenvalue weighted by Gasteiger charge is -2.36. The van der Waals surface area contributed by atoms with Crippen molar-refractivity contribution < 1.29 is 14.4 Å². The highest BCUT2D eigenvalue weighted by molar-refractivity contribution is 5.79. The van der Waals surface area contributed by atoms with E-state index in [1.54, 1.807) is 5.06 Å². The number of carbonyl (C=O) groups is 2. The molecule has 0 aromatic carbocycles. The van der Waals surface area contributed by atoms with Gasteiger partial charge in [0.1, 0.15) is 0 Å². The Bertz CT molecular complexity index is 384. The van der Waals surface area contributed by atoms with Crippen molar-refractivity contribution >= 4 is 11.9 Å². The number of hydroxylamine groups is 2. The van der Waals surface area contributed by atoms with Gasteiger partial charge in [-0.3, -0.25) is 4.79 Å². The van der Waals surface area contributed by atoms with E-state index in [2.05, 4.69) is 5.32 Å². The molecule has 0 radical (unpaired) electrons. The molecule has 6 heteroatoms.